The third-order valence-electron chi connectivity index (χ3n) is 10.4. The van der Waals surface area contributed by atoms with Gasteiger partial charge in [-0.25, -0.2) is 15.0 Å². The predicted molar refractivity (Wildman–Crippen MR) is 234 cm³/mol. The molecule has 0 spiro atoms. The molecular formula is C51H32N4S. The summed E-state index contributed by atoms with van der Waals surface area (Å²) in [6.07, 6.45) is 0. The average molecular weight is 738 g/mol. The predicted octanol–water partition coefficient (Wildman–Crippen LogP) is 13.7. The molecule has 11 aromatic rings. The van der Waals surface area contributed by atoms with Gasteiger partial charge in [-0.05, 0) is 52.6 Å². The smallest absolute Gasteiger partial charge is 0.166 e. The summed E-state index contributed by atoms with van der Waals surface area (Å²) in [6, 6.07) is 53.6. The van der Waals surface area contributed by atoms with Gasteiger partial charge in [0.25, 0.3) is 0 Å². The Kier molecular flexibility index (Phi) is 6.49. The van der Waals surface area contributed by atoms with Gasteiger partial charge < -0.3 is 4.57 Å². The second kappa shape index (κ2) is 13.3. The standard InChI is InChI=1S/C51H32N4S/c1-3-16-33(17-4-1)37-25-14-27-41-42-28-15-26-38(48(42)56-47(37)41)35-20-13-21-36(32-35)50-52-49(34-18-5-2-6-19-34)53-51(54-50)43-24-9-12-31-46(43)55-44-29-10-7-22-39(44)40-23-8-11-30-45(40)55/h1-32H/i2D,5D,6D,18D,19D. The summed E-state index contributed by atoms with van der Waals surface area (Å²) in [7, 11) is 0. The Hall–Kier alpha value is -7.21. The van der Waals surface area contributed by atoms with E-state index in [1.807, 2.05) is 66.7 Å². The van der Waals surface area contributed by atoms with Crippen LogP contribution in [0.1, 0.15) is 6.85 Å². The van der Waals surface area contributed by atoms with Crippen molar-refractivity contribution in [3.05, 3.63) is 194 Å². The zero-order valence-corrected chi connectivity index (χ0v) is 30.6. The molecule has 0 bridgehead atoms. The zero-order valence-electron chi connectivity index (χ0n) is 34.8. The molecule has 4 nitrogen and oxygen atoms in total. The van der Waals surface area contributed by atoms with Crippen LogP contribution < -0.4 is 0 Å². The lowest BCUT2D eigenvalue weighted by atomic mass is 9.99. The van der Waals surface area contributed by atoms with Gasteiger partial charge in [0.2, 0.25) is 0 Å². The molecule has 0 aliphatic carbocycles. The highest BCUT2D eigenvalue weighted by atomic mass is 32.1. The zero-order chi connectivity index (χ0) is 41.4. The van der Waals surface area contributed by atoms with Gasteiger partial charge in [0.05, 0.1) is 23.6 Å². The molecule has 262 valence electrons. The van der Waals surface area contributed by atoms with Crippen molar-refractivity contribution in [2.75, 3.05) is 0 Å². The average Bonchev–Trinajstić information content (AvgIpc) is 3.87. The van der Waals surface area contributed by atoms with Gasteiger partial charge in [-0.2, -0.15) is 0 Å². The van der Waals surface area contributed by atoms with Gasteiger partial charge in [-0.3, -0.25) is 0 Å². The first-order chi connectivity index (χ1) is 29.9. The van der Waals surface area contributed by atoms with Crippen LogP contribution in [-0.4, -0.2) is 19.5 Å². The fraction of sp³-hybridized carbons (Fsp3) is 0. The Labute approximate surface area is 334 Å². The number of benzene rings is 8. The normalized spacial score (nSPS) is 12.8. The molecule has 0 saturated heterocycles. The van der Waals surface area contributed by atoms with Crippen LogP contribution in [-0.2, 0) is 0 Å². The van der Waals surface area contributed by atoms with Crippen molar-refractivity contribution < 1.29 is 6.85 Å². The number of thiophene rings is 1. The molecule has 11 rings (SSSR count). The van der Waals surface area contributed by atoms with Crippen LogP contribution in [0.25, 0.3) is 104 Å². The first-order valence-electron chi connectivity index (χ1n) is 20.9. The molecule has 0 N–H and O–H groups in total. The highest BCUT2D eigenvalue weighted by Crippen LogP contribution is 2.44. The third-order valence-corrected chi connectivity index (χ3v) is 11.7. The van der Waals surface area contributed by atoms with Crippen LogP contribution in [0.4, 0.5) is 0 Å². The molecule has 0 unspecified atom stereocenters. The molecule has 5 heteroatoms. The molecule has 0 aliphatic heterocycles. The van der Waals surface area contributed by atoms with Crippen LogP contribution in [0.2, 0.25) is 0 Å². The SMILES string of the molecule is [2H]c1c([2H])c([2H])c(-c2nc(-c3cccc(-c4cccc5c4sc4c(-c6ccccc6)cccc45)c3)nc(-c3ccccc3-n3c4ccccc4c4ccccc43)n2)c([2H])c1[2H]. The topological polar surface area (TPSA) is 43.6 Å². The summed E-state index contributed by atoms with van der Waals surface area (Å²) < 4.78 is 47.7. The van der Waals surface area contributed by atoms with Crippen molar-refractivity contribution in [1.29, 1.82) is 0 Å². The van der Waals surface area contributed by atoms with Gasteiger partial charge in [0.15, 0.2) is 17.5 Å². The largest absolute Gasteiger partial charge is 0.309 e. The molecule has 0 saturated carbocycles. The summed E-state index contributed by atoms with van der Waals surface area (Å²) in [5, 5.41) is 4.58. The Balaban J connectivity index is 1.13. The van der Waals surface area contributed by atoms with E-state index >= 15 is 0 Å². The van der Waals surface area contributed by atoms with Crippen molar-refractivity contribution in [2.24, 2.45) is 0 Å². The molecule has 0 amide bonds. The van der Waals surface area contributed by atoms with Crippen LogP contribution in [0.15, 0.2) is 194 Å². The summed E-state index contributed by atoms with van der Waals surface area (Å²) in [5.41, 5.74) is 8.52. The van der Waals surface area contributed by atoms with E-state index in [4.69, 9.17) is 21.8 Å². The number of aromatic nitrogens is 4. The Morgan fingerprint density at radius 1 is 0.393 bits per heavy atom. The van der Waals surface area contributed by atoms with E-state index in [1.165, 1.54) is 26.6 Å². The van der Waals surface area contributed by atoms with E-state index in [-0.39, 0.29) is 23.5 Å². The maximum atomic E-state index is 8.92. The minimum atomic E-state index is -0.482. The highest BCUT2D eigenvalue weighted by molar-refractivity contribution is 7.26. The van der Waals surface area contributed by atoms with Gasteiger partial charge in [0, 0.05) is 47.6 Å². The fourth-order valence-corrected chi connectivity index (χ4v) is 9.23. The molecule has 3 heterocycles. The number of hydrogen-bond acceptors (Lipinski definition) is 4. The molecule has 0 radical (unpaired) electrons. The number of fused-ring (bicyclic) bond motifs is 6. The maximum absolute atomic E-state index is 8.92. The van der Waals surface area contributed by atoms with Gasteiger partial charge in [-0.15, -0.1) is 11.3 Å². The van der Waals surface area contributed by atoms with E-state index in [1.54, 1.807) is 11.3 Å². The van der Waals surface area contributed by atoms with E-state index in [2.05, 4.69) is 102 Å². The van der Waals surface area contributed by atoms with Gasteiger partial charge in [0.1, 0.15) is 0 Å². The Bertz CT molecular complexity index is 3480. The Morgan fingerprint density at radius 3 is 1.61 bits per heavy atom. The number of nitrogens with zero attached hydrogens (tertiary/aromatic N) is 4. The van der Waals surface area contributed by atoms with Crippen molar-refractivity contribution >= 4 is 53.3 Å². The maximum Gasteiger partial charge on any atom is 0.166 e. The van der Waals surface area contributed by atoms with Crippen LogP contribution >= 0.6 is 11.3 Å². The van der Waals surface area contributed by atoms with Crippen molar-refractivity contribution in [1.82, 2.24) is 19.5 Å². The number of hydrogen-bond donors (Lipinski definition) is 0. The summed E-state index contributed by atoms with van der Waals surface area (Å²) >= 11 is 1.78. The van der Waals surface area contributed by atoms with Crippen molar-refractivity contribution in [3.63, 3.8) is 0 Å². The Morgan fingerprint density at radius 2 is 0.893 bits per heavy atom. The molecule has 8 aromatic carbocycles. The van der Waals surface area contributed by atoms with Crippen LogP contribution in [0, 0.1) is 0 Å². The minimum absolute atomic E-state index is 0.0144. The van der Waals surface area contributed by atoms with E-state index < -0.39 is 18.1 Å². The first kappa shape index (κ1) is 27.4. The summed E-state index contributed by atoms with van der Waals surface area (Å²) in [5.74, 6) is 0.592. The molecule has 56 heavy (non-hydrogen) atoms. The molecule has 0 aliphatic rings. The second-order valence-electron chi connectivity index (χ2n) is 13.6. The lowest BCUT2D eigenvalue weighted by Crippen LogP contribution is -2.03. The van der Waals surface area contributed by atoms with Crippen LogP contribution in [0.5, 0.6) is 0 Å². The summed E-state index contributed by atoms with van der Waals surface area (Å²) in [4.78, 5) is 15.0. The highest BCUT2D eigenvalue weighted by Gasteiger charge is 2.20. The third kappa shape index (κ3) is 5.32. The van der Waals surface area contributed by atoms with E-state index in [0.29, 0.717) is 22.8 Å². The molecule has 0 fully saturated rings. The molecular weight excluding hydrogens is 701 g/mol. The van der Waals surface area contributed by atoms with E-state index in [9.17, 15) is 0 Å². The monoisotopic (exact) mass is 737 g/mol. The van der Waals surface area contributed by atoms with Crippen molar-refractivity contribution in [2.45, 2.75) is 0 Å². The second-order valence-corrected chi connectivity index (χ2v) is 14.6. The lowest BCUT2D eigenvalue weighted by molar-refractivity contribution is 1.06. The number of rotatable bonds is 6. The molecule has 0 atom stereocenters. The summed E-state index contributed by atoms with van der Waals surface area (Å²) in [6.45, 7) is 0. The molecule has 3 aromatic heterocycles. The number of para-hydroxylation sites is 3. The van der Waals surface area contributed by atoms with Crippen LogP contribution in [0.3, 0.4) is 0 Å². The quantitative estimate of drug-likeness (QED) is 0.171. The fourth-order valence-electron chi connectivity index (χ4n) is 7.86. The van der Waals surface area contributed by atoms with Gasteiger partial charge in [-0.1, -0.05) is 164 Å². The van der Waals surface area contributed by atoms with E-state index in [0.717, 1.165) is 43.3 Å². The lowest BCUT2D eigenvalue weighted by Gasteiger charge is -2.14. The minimum Gasteiger partial charge on any atom is -0.309 e. The van der Waals surface area contributed by atoms with Crippen molar-refractivity contribution in [3.8, 4) is 62.1 Å². The first-order valence-corrected chi connectivity index (χ1v) is 19.2. The van der Waals surface area contributed by atoms with Gasteiger partial charge >= 0.3 is 0 Å².